The molecule has 14 heavy (non-hydrogen) atoms. The number of esters is 1. The summed E-state index contributed by atoms with van der Waals surface area (Å²) in [5.74, 6) is -5.73. The van der Waals surface area contributed by atoms with E-state index in [4.69, 9.17) is 5.11 Å². The van der Waals surface area contributed by atoms with Gasteiger partial charge in [-0.25, -0.2) is 8.78 Å². The van der Waals surface area contributed by atoms with Gasteiger partial charge in [0, 0.05) is 0 Å². The maximum Gasteiger partial charge on any atom is 0.333 e. The van der Waals surface area contributed by atoms with Crippen LogP contribution in [0.5, 0.6) is 0 Å². The molecule has 0 aromatic rings. The molecule has 3 nitrogen and oxygen atoms in total. The highest BCUT2D eigenvalue weighted by molar-refractivity contribution is 5.70. The normalized spacial score (nSPS) is 14.2. The molecule has 0 heterocycles. The van der Waals surface area contributed by atoms with Crippen LogP contribution in [0.3, 0.4) is 0 Å². The predicted octanol–water partition coefficient (Wildman–Crippen LogP) is 1.20. The van der Waals surface area contributed by atoms with Crippen molar-refractivity contribution in [1.82, 2.24) is 0 Å². The topological polar surface area (TPSA) is 46.5 Å². The zero-order valence-electron chi connectivity index (χ0n) is 7.34. The van der Waals surface area contributed by atoms with Gasteiger partial charge in [-0.05, 0) is 6.92 Å². The Morgan fingerprint density at radius 3 is 2.36 bits per heavy atom. The van der Waals surface area contributed by atoms with Crippen LogP contribution in [0.15, 0.2) is 0 Å². The number of hydrogen-bond donors (Lipinski definition) is 1. The molecule has 0 fully saturated rings. The van der Waals surface area contributed by atoms with Gasteiger partial charge in [-0.2, -0.15) is 8.78 Å². The van der Waals surface area contributed by atoms with Crippen LogP contribution in [-0.2, 0) is 9.53 Å². The Hall–Kier alpha value is -0.850. The van der Waals surface area contributed by atoms with Crippen LogP contribution in [0.1, 0.15) is 13.3 Å². The van der Waals surface area contributed by atoms with Crippen LogP contribution in [0.4, 0.5) is 17.6 Å². The second-order valence-corrected chi connectivity index (χ2v) is 2.50. The molecule has 0 saturated carbocycles. The maximum atomic E-state index is 12.3. The highest BCUT2D eigenvalue weighted by atomic mass is 19.3. The van der Waals surface area contributed by atoms with E-state index in [1.54, 1.807) is 0 Å². The van der Waals surface area contributed by atoms with Crippen LogP contribution in [0.25, 0.3) is 0 Å². The van der Waals surface area contributed by atoms with Gasteiger partial charge in [0.15, 0.2) is 0 Å². The average molecular weight is 218 g/mol. The standard InChI is InChI=1S/C7H10F4O3/c1-2-14-5(13)3-4(12)7(10,11)6(8)9/h4,6,12H,2-3H2,1H3. The number of halogens is 4. The number of carbonyl (C=O) groups excluding carboxylic acids is 1. The highest BCUT2D eigenvalue weighted by Crippen LogP contribution is 2.28. The number of aliphatic hydroxyl groups is 1. The molecule has 0 rings (SSSR count). The van der Waals surface area contributed by atoms with E-state index in [-0.39, 0.29) is 6.61 Å². The van der Waals surface area contributed by atoms with Crippen molar-refractivity contribution in [3.05, 3.63) is 0 Å². The van der Waals surface area contributed by atoms with E-state index in [1.807, 2.05) is 0 Å². The first-order valence-electron chi connectivity index (χ1n) is 3.82. The molecule has 0 aliphatic rings. The minimum atomic E-state index is -4.59. The highest BCUT2D eigenvalue weighted by Gasteiger charge is 2.48. The van der Waals surface area contributed by atoms with Gasteiger partial charge in [0.1, 0.15) is 6.10 Å². The van der Waals surface area contributed by atoms with Gasteiger partial charge >= 0.3 is 18.3 Å². The van der Waals surface area contributed by atoms with Crippen LogP contribution < -0.4 is 0 Å². The SMILES string of the molecule is CCOC(=O)CC(O)C(F)(F)C(F)F. The molecular formula is C7H10F4O3. The molecule has 0 aliphatic heterocycles. The Morgan fingerprint density at radius 1 is 1.50 bits per heavy atom. The summed E-state index contributed by atoms with van der Waals surface area (Å²) in [5, 5.41) is 8.61. The maximum absolute atomic E-state index is 12.3. The fraction of sp³-hybridized carbons (Fsp3) is 0.857. The fourth-order valence-corrected chi connectivity index (χ4v) is 0.659. The van der Waals surface area contributed by atoms with Crippen molar-refractivity contribution < 1.29 is 32.2 Å². The molecule has 7 heteroatoms. The lowest BCUT2D eigenvalue weighted by atomic mass is 10.1. The summed E-state index contributed by atoms with van der Waals surface area (Å²) in [4.78, 5) is 10.6. The van der Waals surface area contributed by atoms with Crippen molar-refractivity contribution in [2.45, 2.75) is 31.8 Å². The molecule has 0 aliphatic carbocycles. The molecule has 0 aromatic heterocycles. The first kappa shape index (κ1) is 13.2. The Kier molecular flexibility index (Phi) is 4.82. The quantitative estimate of drug-likeness (QED) is 0.557. The smallest absolute Gasteiger partial charge is 0.333 e. The second kappa shape index (κ2) is 5.14. The van der Waals surface area contributed by atoms with Crippen molar-refractivity contribution in [2.75, 3.05) is 6.61 Å². The minimum Gasteiger partial charge on any atom is -0.466 e. The van der Waals surface area contributed by atoms with Gasteiger partial charge in [-0.3, -0.25) is 4.79 Å². The van der Waals surface area contributed by atoms with Gasteiger partial charge in [0.25, 0.3) is 0 Å². The Balaban J connectivity index is 4.19. The molecule has 1 atom stereocenters. The summed E-state index contributed by atoms with van der Waals surface area (Å²) >= 11 is 0. The first-order valence-corrected chi connectivity index (χ1v) is 3.82. The Morgan fingerprint density at radius 2 is 2.00 bits per heavy atom. The number of rotatable bonds is 5. The zero-order valence-corrected chi connectivity index (χ0v) is 7.34. The van der Waals surface area contributed by atoms with Crippen molar-refractivity contribution in [2.24, 2.45) is 0 Å². The van der Waals surface area contributed by atoms with Crippen molar-refractivity contribution >= 4 is 5.97 Å². The lowest BCUT2D eigenvalue weighted by Gasteiger charge is -2.20. The third kappa shape index (κ3) is 3.49. The average Bonchev–Trinajstić information content (AvgIpc) is 2.03. The molecule has 84 valence electrons. The Bertz CT molecular complexity index is 195. The summed E-state index contributed by atoms with van der Waals surface area (Å²) in [6.45, 7) is 1.36. The molecule has 0 aromatic carbocycles. The van der Waals surface area contributed by atoms with Crippen molar-refractivity contribution in [3.8, 4) is 0 Å². The number of carbonyl (C=O) groups is 1. The van der Waals surface area contributed by atoms with Gasteiger partial charge in [0.2, 0.25) is 0 Å². The van der Waals surface area contributed by atoms with E-state index in [2.05, 4.69) is 4.74 Å². The third-order valence-corrected chi connectivity index (χ3v) is 1.40. The van der Waals surface area contributed by atoms with Crippen LogP contribution >= 0.6 is 0 Å². The lowest BCUT2D eigenvalue weighted by Crippen LogP contribution is -2.41. The van der Waals surface area contributed by atoms with Crippen LogP contribution in [0.2, 0.25) is 0 Å². The number of ether oxygens (including phenoxy) is 1. The minimum absolute atomic E-state index is 0.0637. The molecule has 0 saturated heterocycles. The van der Waals surface area contributed by atoms with Gasteiger partial charge in [-0.15, -0.1) is 0 Å². The van der Waals surface area contributed by atoms with E-state index in [1.165, 1.54) is 6.92 Å². The Labute approximate surface area is 77.7 Å². The number of alkyl halides is 4. The van der Waals surface area contributed by atoms with E-state index in [0.717, 1.165) is 0 Å². The molecule has 0 spiro atoms. The summed E-state index contributed by atoms with van der Waals surface area (Å²) in [6, 6.07) is 0. The predicted molar refractivity (Wildman–Crippen MR) is 38.2 cm³/mol. The molecular weight excluding hydrogens is 208 g/mol. The summed E-state index contributed by atoms with van der Waals surface area (Å²) in [6.07, 6.45) is -7.88. The lowest BCUT2D eigenvalue weighted by molar-refractivity contribution is -0.197. The monoisotopic (exact) mass is 218 g/mol. The number of hydrogen-bond acceptors (Lipinski definition) is 3. The molecule has 0 bridgehead atoms. The van der Waals surface area contributed by atoms with Gasteiger partial charge in [0.05, 0.1) is 13.0 Å². The van der Waals surface area contributed by atoms with E-state index in [9.17, 15) is 22.4 Å². The van der Waals surface area contributed by atoms with Crippen LogP contribution in [-0.4, -0.2) is 36.1 Å². The second-order valence-electron chi connectivity index (χ2n) is 2.50. The van der Waals surface area contributed by atoms with Crippen LogP contribution in [0, 0.1) is 0 Å². The van der Waals surface area contributed by atoms with Gasteiger partial charge < -0.3 is 9.84 Å². The molecule has 0 radical (unpaired) electrons. The number of aliphatic hydroxyl groups excluding tert-OH is 1. The molecule has 1 unspecified atom stereocenters. The van der Waals surface area contributed by atoms with E-state index >= 15 is 0 Å². The largest absolute Gasteiger partial charge is 0.466 e. The van der Waals surface area contributed by atoms with Crippen molar-refractivity contribution in [3.63, 3.8) is 0 Å². The third-order valence-electron chi connectivity index (χ3n) is 1.40. The molecule has 1 N–H and O–H groups in total. The van der Waals surface area contributed by atoms with Crippen molar-refractivity contribution in [1.29, 1.82) is 0 Å². The fourth-order valence-electron chi connectivity index (χ4n) is 0.659. The molecule has 0 amide bonds. The summed E-state index contributed by atoms with van der Waals surface area (Å²) in [5.41, 5.74) is 0. The first-order chi connectivity index (χ1) is 6.32. The zero-order chi connectivity index (χ0) is 11.4. The summed E-state index contributed by atoms with van der Waals surface area (Å²) in [7, 11) is 0. The van der Waals surface area contributed by atoms with E-state index < -0.39 is 30.8 Å². The van der Waals surface area contributed by atoms with E-state index in [0.29, 0.717) is 0 Å². The summed E-state index contributed by atoms with van der Waals surface area (Å²) < 4.78 is 52.2. The van der Waals surface area contributed by atoms with Gasteiger partial charge in [-0.1, -0.05) is 0 Å².